The number of benzene rings is 1. The van der Waals surface area contributed by atoms with Crippen LogP contribution in [0.3, 0.4) is 0 Å². The number of hydrogen-bond donors (Lipinski definition) is 1. The Bertz CT molecular complexity index is 425. The minimum Gasteiger partial charge on any atom is -0.497 e. The molecular weight excluding hydrogens is 256 g/mol. The molecule has 1 fully saturated rings. The molecule has 20 heavy (non-hydrogen) atoms. The second-order valence-electron chi connectivity index (χ2n) is 4.99. The Morgan fingerprint density at radius 2 is 1.85 bits per heavy atom. The number of likely N-dealkylation sites (tertiary alicyclic amines) is 1. The van der Waals surface area contributed by atoms with E-state index in [0.29, 0.717) is 13.0 Å². The van der Waals surface area contributed by atoms with Gasteiger partial charge in [-0.2, -0.15) is 0 Å². The van der Waals surface area contributed by atoms with Gasteiger partial charge in [0.15, 0.2) is 0 Å². The van der Waals surface area contributed by atoms with Crippen molar-refractivity contribution in [1.82, 2.24) is 4.90 Å². The van der Waals surface area contributed by atoms with E-state index in [1.54, 1.807) is 7.11 Å². The van der Waals surface area contributed by atoms with Crippen LogP contribution in [0.4, 0.5) is 0 Å². The Kier molecular flexibility index (Phi) is 5.24. The maximum atomic E-state index is 12.0. The van der Waals surface area contributed by atoms with E-state index < -0.39 is 0 Å². The fourth-order valence-corrected chi connectivity index (χ4v) is 2.24. The van der Waals surface area contributed by atoms with Crippen molar-refractivity contribution in [2.45, 2.75) is 25.3 Å². The monoisotopic (exact) mass is 278 g/mol. The van der Waals surface area contributed by atoms with Crippen LogP contribution < -0.4 is 15.2 Å². The fourth-order valence-electron chi connectivity index (χ4n) is 2.24. The first-order valence-electron chi connectivity index (χ1n) is 6.99. The van der Waals surface area contributed by atoms with Crippen molar-refractivity contribution in [2.75, 3.05) is 26.8 Å². The molecule has 1 aliphatic heterocycles. The SMILES string of the molecule is COc1ccc(OCCC(=O)N2CCC(N)CC2)cc1. The second kappa shape index (κ2) is 7.14. The van der Waals surface area contributed by atoms with Crippen LogP contribution in [0.15, 0.2) is 24.3 Å². The lowest BCUT2D eigenvalue weighted by Gasteiger charge is -2.30. The minimum absolute atomic E-state index is 0.144. The van der Waals surface area contributed by atoms with Crippen molar-refractivity contribution in [3.63, 3.8) is 0 Å². The van der Waals surface area contributed by atoms with Crippen LogP contribution in [0.25, 0.3) is 0 Å². The van der Waals surface area contributed by atoms with Gasteiger partial charge in [-0.15, -0.1) is 0 Å². The number of nitrogens with two attached hydrogens (primary N) is 1. The predicted molar refractivity (Wildman–Crippen MR) is 76.9 cm³/mol. The summed E-state index contributed by atoms with van der Waals surface area (Å²) in [4.78, 5) is 13.9. The van der Waals surface area contributed by atoms with E-state index in [9.17, 15) is 4.79 Å². The summed E-state index contributed by atoms with van der Waals surface area (Å²) in [7, 11) is 1.62. The van der Waals surface area contributed by atoms with Gasteiger partial charge in [-0.25, -0.2) is 0 Å². The molecule has 0 aromatic heterocycles. The highest BCUT2D eigenvalue weighted by Gasteiger charge is 2.20. The number of ether oxygens (including phenoxy) is 2. The standard InChI is InChI=1S/C15H22N2O3/c1-19-13-2-4-14(5-3-13)20-11-8-15(18)17-9-6-12(16)7-10-17/h2-5,12H,6-11,16H2,1H3. The Morgan fingerprint density at radius 1 is 1.25 bits per heavy atom. The van der Waals surface area contributed by atoms with Gasteiger partial charge >= 0.3 is 0 Å². The van der Waals surface area contributed by atoms with Crippen molar-refractivity contribution in [3.05, 3.63) is 24.3 Å². The molecule has 2 N–H and O–H groups in total. The van der Waals surface area contributed by atoms with Crippen molar-refractivity contribution in [2.24, 2.45) is 5.73 Å². The average Bonchev–Trinajstić information content (AvgIpc) is 2.48. The van der Waals surface area contributed by atoms with Gasteiger partial charge in [-0.1, -0.05) is 0 Å². The van der Waals surface area contributed by atoms with Gasteiger partial charge in [0, 0.05) is 19.1 Å². The van der Waals surface area contributed by atoms with E-state index in [1.165, 1.54) is 0 Å². The van der Waals surface area contributed by atoms with Gasteiger partial charge in [0.2, 0.25) is 5.91 Å². The number of carbonyl (C=O) groups is 1. The first-order chi connectivity index (χ1) is 9.69. The Morgan fingerprint density at radius 3 is 2.45 bits per heavy atom. The van der Waals surface area contributed by atoms with E-state index in [2.05, 4.69) is 0 Å². The zero-order valence-electron chi connectivity index (χ0n) is 11.9. The van der Waals surface area contributed by atoms with Gasteiger partial charge in [-0.05, 0) is 37.1 Å². The summed E-state index contributed by atoms with van der Waals surface area (Å²) < 4.78 is 10.6. The van der Waals surface area contributed by atoms with Crippen LogP contribution in [0, 0.1) is 0 Å². The molecule has 0 atom stereocenters. The Hall–Kier alpha value is -1.75. The average molecular weight is 278 g/mol. The highest BCUT2D eigenvalue weighted by atomic mass is 16.5. The summed E-state index contributed by atoms with van der Waals surface area (Å²) in [6.45, 7) is 1.93. The zero-order valence-corrected chi connectivity index (χ0v) is 11.9. The first kappa shape index (κ1) is 14.7. The largest absolute Gasteiger partial charge is 0.497 e. The molecule has 1 aliphatic rings. The third-order valence-corrected chi connectivity index (χ3v) is 3.54. The summed E-state index contributed by atoms with van der Waals surface area (Å²) in [5.74, 6) is 1.68. The van der Waals surface area contributed by atoms with Crippen molar-refractivity contribution >= 4 is 5.91 Å². The molecule has 0 saturated carbocycles. The molecule has 1 amide bonds. The molecule has 0 bridgehead atoms. The molecule has 1 aromatic carbocycles. The van der Waals surface area contributed by atoms with Crippen molar-refractivity contribution in [1.29, 1.82) is 0 Å². The molecular formula is C15H22N2O3. The number of carbonyl (C=O) groups excluding carboxylic acids is 1. The summed E-state index contributed by atoms with van der Waals surface area (Å²) in [5.41, 5.74) is 5.82. The van der Waals surface area contributed by atoms with Gasteiger partial charge in [-0.3, -0.25) is 4.79 Å². The molecule has 5 heteroatoms. The molecule has 1 saturated heterocycles. The number of methoxy groups -OCH3 is 1. The molecule has 0 aliphatic carbocycles. The Labute approximate surface area is 119 Å². The topological polar surface area (TPSA) is 64.8 Å². The van der Waals surface area contributed by atoms with Crippen LogP contribution in [0.2, 0.25) is 0 Å². The lowest BCUT2D eigenvalue weighted by Crippen LogP contribution is -2.43. The molecule has 0 radical (unpaired) electrons. The van der Waals surface area contributed by atoms with Gasteiger partial charge in [0.25, 0.3) is 0 Å². The highest BCUT2D eigenvalue weighted by molar-refractivity contribution is 5.76. The summed E-state index contributed by atoms with van der Waals surface area (Å²) in [5, 5.41) is 0. The lowest BCUT2D eigenvalue weighted by molar-refractivity contribution is -0.132. The highest BCUT2D eigenvalue weighted by Crippen LogP contribution is 2.17. The fraction of sp³-hybridized carbons (Fsp3) is 0.533. The first-order valence-corrected chi connectivity index (χ1v) is 6.99. The van der Waals surface area contributed by atoms with E-state index >= 15 is 0 Å². The summed E-state index contributed by atoms with van der Waals surface area (Å²) in [6, 6.07) is 7.59. The van der Waals surface area contributed by atoms with Crippen LogP contribution in [-0.2, 0) is 4.79 Å². The van der Waals surface area contributed by atoms with Gasteiger partial charge < -0.3 is 20.1 Å². The minimum atomic E-state index is 0.144. The molecule has 1 aromatic rings. The predicted octanol–water partition coefficient (Wildman–Crippen LogP) is 1.41. The summed E-state index contributed by atoms with van der Waals surface area (Å²) in [6.07, 6.45) is 2.19. The smallest absolute Gasteiger partial charge is 0.225 e. The lowest BCUT2D eigenvalue weighted by atomic mass is 10.1. The summed E-state index contributed by atoms with van der Waals surface area (Å²) >= 11 is 0. The third kappa shape index (κ3) is 4.13. The Balaban J connectivity index is 1.70. The van der Waals surface area contributed by atoms with E-state index in [4.69, 9.17) is 15.2 Å². The van der Waals surface area contributed by atoms with Crippen molar-refractivity contribution < 1.29 is 14.3 Å². The number of nitrogens with zero attached hydrogens (tertiary/aromatic N) is 1. The van der Waals surface area contributed by atoms with Crippen LogP contribution in [0.5, 0.6) is 11.5 Å². The quantitative estimate of drug-likeness (QED) is 0.884. The second-order valence-corrected chi connectivity index (χ2v) is 4.99. The molecule has 110 valence electrons. The third-order valence-electron chi connectivity index (χ3n) is 3.54. The maximum Gasteiger partial charge on any atom is 0.225 e. The van der Waals surface area contributed by atoms with E-state index in [0.717, 1.165) is 37.4 Å². The van der Waals surface area contributed by atoms with Gasteiger partial charge in [0.05, 0.1) is 20.1 Å². The van der Waals surface area contributed by atoms with E-state index in [1.807, 2.05) is 29.2 Å². The number of piperidine rings is 1. The van der Waals surface area contributed by atoms with Crippen LogP contribution >= 0.6 is 0 Å². The van der Waals surface area contributed by atoms with Crippen LogP contribution in [0.1, 0.15) is 19.3 Å². The van der Waals surface area contributed by atoms with Crippen molar-refractivity contribution in [3.8, 4) is 11.5 Å². The maximum absolute atomic E-state index is 12.0. The molecule has 1 heterocycles. The van der Waals surface area contributed by atoms with E-state index in [-0.39, 0.29) is 11.9 Å². The normalized spacial score (nSPS) is 16.0. The van der Waals surface area contributed by atoms with Crippen LogP contribution in [-0.4, -0.2) is 43.7 Å². The number of amides is 1. The zero-order chi connectivity index (χ0) is 14.4. The molecule has 2 rings (SSSR count). The molecule has 0 unspecified atom stereocenters. The van der Waals surface area contributed by atoms with Gasteiger partial charge in [0.1, 0.15) is 11.5 Å². The molecule has 0 spiro atoms. The number of rotatable bonds is 5. The molecule has 5 nitrogen and oxygen atoms in total. The number of hydrogen-bond acceptors (Lipinski definition) is 4.